The summed E-state index contributed by atoms with van der Waals surface area (Å²) in [5, 5.41) is 17.7. The zero-order chi connectivity index (χ0) is 20.7. The van der Waals surface area contributed by atoms with Crippen molar-refractivity contribution in [3.8, 4) is 0 Å². The molecule has 0 saturated carbocycles. The van der Waals surface area contributed by atoms with Crippen LogP contribution in [0.4, 0.5) is 0 Å². The second-order valence-corrected chi connectivity index (χ2v) is 7.89. The smallest absolute Gasteiger partial charge is 0.191 e. The van der Waals surface area contributed by atoms with Crippen molar-refractivity contribution in [1.29, 1.82) is 0 Å². The van der Waals surface area contributed by atoms with Gasteiger partial charge < -0.3 is 29.3 Å². The molecule has 1 fully saturated rings. The average molecular weight is 404 g/mol. The van der Waals surface area contributed by atoms with Crippen LogP contribution < -0.4 is 10.6 Å². The Labute approximate surface area is 172 Å². The first-order valence-electron chi connectivity index (χ1n) is 10.4. The summed E-state index contributed by atoms with van der Waals surface area (Å²) in [6.07, 6.45) is 6.00. The minimum Gasteiger partial charge on any atom is -0.469 e. The molecular formula is C22H33N3O4. The van der Waals surface area contributed by atoms with Gasteiger partial charge in [-0.25, -0.2) is 4.99 Å². The van der Waals surface area contributed by atoms with Crippen molar-refractivity contribution >= 4 is 5.96 Å². The van der Waals surface area contributed by atoms with Gasteiger partial charge >= 0.3 is 0 Å². The number of aryl methyl sites for hydroxylation is 2. The molecule has 0 amide bonds. The minimum absolute atomic E-state index is 0.195. The average Bonchev–Trinajstić information content (AvgIpc) is 3.33. The highest BCUT2D eigenvalue weighted by Gasteiger charge is 2.27. The molecule has 3 rings (SSSR count). The summed E-state index contributed by atoms with van der Waals surface area (Å²) >= 11 is 0. The van der Waals surface area contributed by atoms with E-state index in [4.69, 9.17) is 13.6 Å². The van der Waals surface area contributed by atoms with Crippen LogP contribution in [0.5, 0.6) is 0 Å². The Morgan fingerprint density at radius 3 is 2.83 bits per heavy atom. The van der Waals surface area contributed by atoms with Crippen LogP contribution in [-0.2, 0) is 16.8 Å². The van der Waals surface area contributed by atoms with Gasteiger partial charge in [0.05, 0.1) is 18.9 Å². The second kappa shape index (κ2) is 9.98. The Hall–Kier alpha value is -2.25. The monoisotopic (exact) mass is 403 g/mol. The molecule has 2 unspecified atom stereocenters. The topological polar surface area (TPSA) is 92.2 Å². The largest absolute Gasteiger partial charge is 0.469 e. The molecule has 3 heterocycles. The van der Waals surface area contributed by atoms with Crippen molar-refractivity contribution in [2.45, 2.75) is 58.2 Å². The van der Waals surface area contributed by atoms with Gasteiger partial charge in [0.15, 0.2) is 5.96 Å². The van der Waals surface area contributed by atoms with Crippen molar-refractivity contribution < 1.29 is 18.7 Å². The van der Waals surface area contributed by atoms with Gasteiger partial charge in [-0.2, -0.15) is 0 Å². The summed E-state index contributed by atoms with van der Waals surface area (Å²) in [6.45, 7) is 7.91. The van der Waals surface area contributed by atoms with Gasteiger partial charge in [0, 0.05) is 31.7 Å². The summed E-state index contributed by atoms with van der Waals surface area (Å²) in [5.74, 6) is 3.08. The number of rotatable bonds is 8. The molecule has 1 aliphatic heterocycles. The second-order valence-electron chi connectivity index (χ2n) is 7.89. The van der Waals surface area contributed by atoms with Crippen molar-refractivity contribution in [2.75, 3.05) is 26.2 Å². The van der Waals surface area contributed by atoms with Gasteiger partial charge in [0.2, 0.25) is 0 Å². The molecule has 2 atom stereocenters. The molecule has 29 heavy (non-hydrogen) atoms. The number of hydrogen-bond donors (Lipinski definition) is 3. The fraction of sp³-hybridized carbons (Fsp3) is 0.591. The lowest BCUT2D eigenvalue weighted by Gasteiger charge is -2.25. The fourth-order valence-electron chi connectivity index (χ4n) is 3.60. The molecule has 0 radical (unpaired) electrons. The summed E-state index contributed by atoms with van der Waals surface area (Å²) in [6, 6.07) is 5.71. The molecule has 0 bridgehead atoms. The van der Waals surface area contributed by atoms with E-state index in [0.29, 0.717) is 19.0 Å². The standard InChI is InChI=1S/C22H33N3O4/c1-16-13-20(17(2)29-16)22(3,26)15-25-21(23-10-9-18-8-6-12-27-18)24-14-19-7-4-5-11-28-19/h6,8,12-13,19,26H,4-5,7,9-11,14-15H2,1-3H3,(H2,23,24,25). The molecule has 0 spiro atoms. The third-order valence-electron chi connectivity index (χ3n) is 5.18. The van der Waals surface area contributed by atoms with Crippen LogP contribution in [0.3, 0.4) is 0 Å². The lowest BCUT2D eigenvalue weighted by Crippen LogP contribution is -2.44. The molecule has 0 aromatic carbocycles. The van der Waals surface area contributed by atoms with E-state index in [1.54, 1.807) is 13.2 Å². The van der Waals surface area contributed by atoms with Crippen LogP contribution in [0.2, 0.25) is 0 Å². The van der Waals surface area contributed by atoms with Crippen LogP contribution in [-0.4, -0.2) is 43.4 Å². The SMILES string of the molecule is Cc1cc(C(C)(O)CN=C(NCCc2ccco2)NCC2CCCCO2)c(C)o1. The minimum atomic E-state index is -1.11. The first-order chi connectivity index (χ1) is 13.9. The Morgan fingerprint density at radius 2 is 2.17 bits per heavy atom. The molecule has 7 nitrogen and oxygen atoms in total. The molecule has 1 aliphatic rings. The van der Waals surface area contributed by atoms with Gasteiger partial charge in [-0.15, -0.1) is 0 Å². The van der Waals surface area contributed by atoms with Gasteiger partial charge in [0.1, 0.15) is 22.9 Å². The number of hydrogen-bond acceptors (Lipinski definition) is 5. The molecule has 2 aromatic rings. The quantitative estimate of drug-likeness (QED) is 0.463. The number of furan rings is 2. The number of nitrogens with zero attached hydrogens (tertiary/aromatic N) is 1. The third kappa shape index (κ3) is 6.37. The Kier molecular flexibility index (Phi) is 7.39. The van der Waals surface area contributed by atoms with E-state index in [1.807, 2.05) is 32.0 Å². The van der Waals surface area contributed by atoms with Crippen LogP contribution >= 0.6 is 0 Å². The highest BCUT2D eigenvalue weighted by molar-refractivity contribution is 5.79. The van der Waals surface area contributed by atoms with E-state index in [-0.39, 0.29) is 12.6 Å². The van der Waals surface area contributed by atoms with Gasteiger partial charge in [0.25, 0.3) is 0 Å². The lowest BCUT2D eigenvalue weighted by molar-refractivity contribution is 0.0194. The highest BCUT2D eigenvalue weighted by Crippen LogP contribution is 2.27. The molecule has 7 heteroatoms. The summed E-state index contributed by atoms with van der Waals surface area (Å²) < 4.78 is 16.8. The summed E-state index contributed by atoms with van der Waals surface area (Å²) in [7, 11) is 0. The Morgan fingerprint density at radius 1 is 1.31 bits per heavy atom. The normalized spacial score (nSPS) is 19.7. The van der Waals surface area contributed by atoms with Gasteiger partial charge in [-0.3, -0.25) is 0 Å². The highest BCUT2D eigenvalue weighted by atomic mass is 16.5. The Balaban J connectivity index is 1.62. The predicted octanol–water partition coefficient (Wildman–Crippen LogP) is 3.04. The van der Waals surface area contributed by atoms with Crippen LogP contribution in [0.15, 0.2) is 38.3 Å². The van der Waals surface area contributed by atoms with Crippen molar-refractivity contribution in [2.24, 2.45) is 4.99 Å². The van der Waals surface area contributed by atoms with Gasteiger partial charge in [-0.1, -0.05) is 0 Å². The van der Waals surface area contributed by atoms with E-state index in [1.165, 1.54) is 6.42 Å². The predicted molar refractivity (Wildman–Crippen MR) is 112 cm³/mol. The van der Waals surface area contributed by atoms with Crippen molar-refractivity contribution in [1.82, 2.24) is 10.6 Å². The maximum atomic E-state index is 11.0. The van der Waals surface area contributed by atoms with Crippen molar-refractivity contribution in [3.05, 3.63) is 47.3 Å². The van der Waals surface area contributed by atoms with Crippen molar-refractivity contribution in [3.63, 3.8) is 0 Å². The molecule has 2 aromatic heterocycles. The maximum absolute atomic E-state index is 11.0. The van der Waals surface area contributed by atoms with E-state index < -0.39 is 5.60 Å². The van der Waals surface area contributed by atoms with E-state index in [2.05, 4.69) is 15.6 Å². The molecule has 1 saturated heterocycles. The van der Waals surface area contributed by atoms with Gasteiger partial charge in [-0.05, 0) is 58.2 Å². The summed E-state index contributed by atoms with van der Waals surface area (Å²) in [4.78, 5) is 4.64. The third-order valence-corrected chi connectivity index (χ3v) is 5.18. The number of guanidine groups is 1. The maximum Gasteiger partial charge on any atom is 0.191 e. The molecule has 3 N–H and O–H groups in total. The van der Waals surface area contributed by atoms with Crippen LogP contribution in [0.25, 0.3) is 0 Å². The number of nitrogens with one attached hydrogen (secondary N) is 2. The number of ether oxygens (including phenoxy) is 1. The molecular weight excluding hydrogens is 370 g/mol. The Bertz CT molecular complexity index is 774. The van der Waals surface area contributed by atoms with E-state index >= 15 is 0 Å². The zero-order valence-electron chi connectivity index (χ0n) is 17.7. The first-order valence-corrected chi connectivity index (χ1v) is 10.4. The van der Waals surface area contributed by atoms with Crippen LogP contribution in [0.1, 0.15) is 49.0 Å². The zero-order valence-corrected chi connectivity index (χ0v) is 17.7. The summed E-state index contributed by atoms with van der Waals surface area (Å²) in [5.41, 5.74) is -0.344. The fourth-order valence-corrected chi connectivity index (χ4v) is 3.60. The number of aliphatic imine (C=N–C) groups is 1. The number of aliphatic hydroxyl groups is 1. The van der Waals surface area contributed by atoms with E-state index in [9.17, 15) is 5.11 Å². The molecule has 0 aliphatic carbocycles. The van der Waals surface area contributed by atoms with Crippen LogP contribution in [0, 0.1) is 13.8 Å². The first kappa shape index (κ1) is 21.5. The lowest BCUT2D eigenvalue weighted by atomic mass is 9.96. The molecule has 160 valence electrons. The van der Waals surface area contributed by atoms with E-state index in [0.717, 1.165) is 48.7 Å².